The Balaban J connectivity index is 1.93. The normalized spacial score (nSPS) is 17.8. The molecule has 0 bridgehead atoms. The minimum atomic E-state index is -0.212. The average molecular weight is 358 g/mol. The molecule has 25 heavy (non-hydrogen) atoms. The fraction of sp³-hybridized carbons (Fsp3) is 0.421. The van der Waals surface area contributed by atoms with Crippen LogP contribution in [-0.4, -0.2) is 22.3 Å². The number of pyridine rings is 1. The van der Waals surface area contributed by atoms with Gasteiger partial charge in [0.05, 0.1) is 16.6 Å². The van der Waals surface area contributed by atoms with Crippen molar-refractivity contribution in [3.05, 3.63) is 52.2 Å². The molecule has 0 N–H and O–H groups in total. The van der Waals surface area contributed by atoms with Crippen molar-refractivity contribution in [2.75, 3.05) is 6.54 Å². The standard InChI is InChI=1S/C19H20ClN3O2/c1-2-14-7-8-17(25-14)16-6-4-3-5-9-23(16)19(24)18-15(20)10-13(11-21)12-22-18/h7-8,10,12,16H,2-6,9H2,1H3. The van der Waals surface area contributed by atoms with E-state index in [1.54, 1.807) is 0 Å². The van der Waals surface area contributed by atoms with Gasteiger partial charge in [0.25, 0.3) is 5.91 Å². The van der Waals surface area contributed by atoms with Gasteiger partial charge in [-0.3, -0.25) is 4.79 Å². The number of nitriles is 1. The molecule has 1 unspecified atom stereocenters. The van der Waals surface area contributed by atoms with Crippen LogP contribution in [0.3, 0.4) is 0 Å². The van der Waals surface area contributed by atoms with Crippen molar-refractivity contribution < 1.29 is 9.21 Å². The third kappa shape index (κ3) is 3.69. The van der Waals surface area contributed by atoms with Gasteiger partial charge < -0.3 is 9.32 Å². The van der Waals surface area contributed by atoms with Crippen molar-refractivity contribution in [3.8, 4) is 6.07 Å². The number of carbonyl (C=O) groups is 1. The highest BCUT2D eigenvalue weighted by atomic mass is 35.5. The molecule has 0 radical (unpaired) electrons. The lowest BCUT2D eigenvalue weighted by Crippen LogP contribution is -2.35. The fourth-order valence-corrected chi connectivity index (χ4v) is 3.45. The summed E-state index contributed by atoms with van der Waals surface area (Å²) in [7, 11) is 0. The highest BCUT2D eigenvalue weighted by Crippen LogP contribution is 2.33. The van der Waals surface area contributed by atoms with Gasteiger partial charge >= 0.3 is 0 Å². The molecule has 1 amide bonds. The van der Waals surface area contributed by atoms with Crippen molar-refractivity contribution in [2.24, 2.45) is 0 Å². The minimum absolute atomic E-state index is 0.108. The van der Waals surface area contributed by atoms with Gasteiger partial charge in [-0.15, -0.1) is 0 Å². The summed E-state index contributed by atoms with van der Waals surface area (Å²) in [5.74, 6) is 1.52. The average Bonchev–Trinajstić information content (AvgIpc) is 2.97. The largest absolute Gasteiger partial charge is 0.464 e. The van der Waals surface area contributed by atoms with E-state index in [2.05, 4.69) is 4.98 Å². The summed E-state index contributed by atoms with van der Waals surface area (Å²) < 4.78 is 5.92. The van der Waals surface area contributed by atoms with Crippen LogP contribution in [0, 0.1) is 11.3 Å². The van der Waals surface area contributed by atoms with E-state index < -0.39 is 0 Å². The molecule has 1 aliphatic heterocycles. The maximum absolute atomic E-state index is 13.1. The SMILES string of the molecule is CCc1ccc(C2CCCCCN2C(=O)c2ncc(C#N)cc2Cl)o1. The first-order valence-electron chi connectivity index (χ1n) is 8.59. The van der Waals surface area contributed by atoms with Gasteiger partial charge in [-0.05, 0) is 31.0 Å². The van der Waals surface area contributed by atoms with Gasteiger partial charge in [-0.2, -0.15) is 5.26 Å². The number of aryl methyl sites for hydroxylation is 1. The fourth-order valence-electron chi connectivity index (χ4n) is 3.20. The molecule has 0 aromatic carbocycles. The smallest absolute Gasteiger partial charge is 0.274 e. The highest BCUT2D eigenvalue weighted by molar-refractivity contribution is 6.33. The highest BCUT2D eigenvalue weighted by Gasteiger charge is 2.31. The molecule has 3 rings (SSSR count). The number of nitrogens with zero attached hydrogens (tertiary/aromatic N) is 3. The van der Waals surface area contributed by atoms with E-state index in [-0.39, 0.29) is 22.7 Å². The lowest BCUT2D eigenvalue weighted by Gasteiger charge is -2.28. The second kappa shape index (κ2) is 7.71. The van der Waals surface area contributed by atoms with Crippen LogP contribution >= 0.6 is 11.6 Å². The molecule has 1 saturated heterocycles. The zero-order valence-electron chi connectivity index (χ0n) is 14.2. The molecule has 2 aromatic heterocycles. The molecular weight excluding hydrogens is 338 g/mol. The number of carbonyl (C=O) groups excluding carboxylic acids is 1. The molecule has 130 valence electrons. The van der Waals surface area contributed by atoms with Crippen LogP contribution in [0.25, 0.3) is 0 Å². The van der Waals surface area contributed by atoms with Crippen LogP contribution in [0.4, 0.5) is 0 Å². The molecule has 0 saturated carbocycles. The van der Waals surface area contributed by atoms with Crippen LogP contribution in [0.1, 0.15) is 66.2 Å². The lowest BCUT2D eigenvalue weighted by atomic mass is 10.1. The molecule has 0 spiro atoms. The quantitative estimate of drug-likeness (QED) is 0.809. The van der Waals surface area contributed by atoms with Crippen molar-refractivity contribution >= 4 is 17.5 Å². The van der Waals surface area contributed by atoms with E-state index in [4.69, 9.17) is 21.3 Å². The molecule has 5 nitrogen and oxygen atoms in total. The van der Waals surface area contributed by atoms with E-state index in [1.807, 2.05) is 30.0 Å². The Labute approximate surface area is 152 Å². The zero-order chi connectivity index (χ0) is 17.8. The molecule has 1 atom stereocenters. The number of rotatable bonds is 3. The number of likely N-dealkylation sites (tertiary alicyclic amines) is 1. The molecule has 2 aromatic rings. The molecular formula is C19H20ClN3O2. The van der Waals surface area contributed by atoms with Gasteiger partial charge in [0.15, 0.2) is 0 Å². The summed E-state index contributed by atoms with van der Waals surface area (Å²) in [6.07, 6.45) is 6.13. The predicted molar refractivity (Wildman–Crippen MR) is 94.3 cm³/mol. The predicted octanol–water partition coefficient (Wildman–Crippen LogP) is 4.52. The molecule has 6 heteroatoms. The van der Waals surface area contributed by atoms with E-state index in [0.717, 1.165) is 43.6 Å². The number of hydrogen-bond donors (Lipinski definition) is 0. The summed E-state index contributed by atoms with van der Waals surface area (Å²) in [6.45, 7) is 2.68. The lowest BCUT2D eigenvalue weighted by molar-refractivity contribution is 0.0651. The van der Waals surface area contributed by atoms with Gasteiger partial charge in [0.1, 0.15) is 23.3 Å². The first-order valence-corrected chi connectivity index (χ1v) is 8.97. The Morgan fingerprint density at radius 2 is 2.28 bits per heavy atom. The Morgan fingerprint density at radius 3 is 2.96 bits per heavy atom. The zero-order valence-corrected chi connectivity index (χ0v) is 14.9. The maximum atomic E-state index is 13.1. The molecule has 1 aliphatic rings. The van der Waals surface area contributed by atoms with Crippen LogP contribution in [0.2, 0.25) is 5.02 Å². The number of amides is 1. The number of hydrogen-bond acceptors (Lipinski definition) is 4. The van der Waals surface area contributed by atoms with Crippen molar-refractivity contribution in [1.82, 2.24) is 9.88 Å². The number of aromatic nitrogens is 1. The first-order chi connectivity index (χ1) is 12.1. The van der Waals surface area contributed by atoms with Crippen molar-refractivity contribution in [1.29, 1.82) is 5.26 Å². The molecule has 3 heterocycles. The van der Waals surface area contributed by atoms with Crippen LogP contribution < -0.4 is 0 Å². The Morgan fingerprint density at radius 1 is 1.44 bits per heavy atom. The second-order valence-electron chi connectivity index (χ2n) is 6.19. The third-order valence-electron chi connectivity index (χ3n) is 4.55. The molecule has 0 aliphatic carbocycles. The minimum Gasteiger partial charge on any atom is -0.464 e. The van der Waals surface area contributed by atoms with Crippen LogP contribution in [0.5, 0.6) is 0 Å². The van der Waals surface area contributed by atoms with E-state index in [1.165, 1.54) is 12.3 Å². The monoisotopic (exact) mass is 357 g/mol. The van der Waals surface area contributed by atoms with Crippen LogP contribution in [0.15, 0.2) is 28.8 Å². The molecule has 1 fully saturated rings. The first kappa shape index (κ1) is 17.5. The van der Waals surface area contributed by atoms with Crippen molar-refractivity contribution in [2.45, 2.75) is 45.1 Å². The maximum Gasteiger partial charge on any atom is 0.274 e. The summed E-state index contributed by atoms with van der Waals surface area (Å²) in [4.78, 5) is 19.0. The van der Waals surface area contributed by atoms with Crippen LogP contribution in [-0.2, 0) is 6.42 Å². The van der Waals surface area contributed by atoms with E-state index in [9.17, 15) is 4.79 Å². The summed E-state index contributed by atoms with van der Waals surface area (Å²) in [5.41, 5.74) is 0.530. The summed E-state index contributed by atoms with van der Waals surface area (Å²) in [6, 6.07) is 7.28. The second-order valence-corrected chi connectivity index (χ2v) is 6.59. The van der Waals surface area contributed by atoms with E-state index in [0.29, 0.717) is 12.1 Å². The number of furan rings is 1. The topological polar surface area (TPSA) is 70.1 Å². The van der Waals surface area contributed by atoms with Crippen molar-refractivity contribution in [3.63, 3.8) is 0 Å². The van der Waals surface area contributed by atoms with E-state index >= 15 is 0 Å². The summed E-state index contributed by atoms with van der Waals surface area (Å²) >= 11 is 6.20. The third-order valence-corrected chi connectivity index (χ3v) is 4.83. The Bertz CT molecular complexity index is 809. The number of halogens is 1. The Kier molecular flexibility index (Phi) is 5.40. The van der Waals surface area contributed by atoms with Gasteiger partial charge in [-0.1, -0.05) is 31.4 Å². The van der Waals surface area contributed by atoms with Gasteiger partial charge in [-0.25, -0.2) is 4.98 Å². The Hall–Kier alpha value is -2.32. The van der Waals surface area contributed by atoms with Gasteiger partial charge in [0, 0.05) is 19.2 Å². The summed E-state index contributed by atoms with van der Waals surface area (Å²) in [5, 5.41) is 9.15. The van der Waals surface area contributed by atoms with Gasteiger partial charge in [0.2, 0.25) is 0 Å².